The maximum absolute atomic E-state index is 13.4. The summed E-state index contributed by atoms with van der Waals surface area (Å²) in [5, 5.41) is 0. The third-order valence-corrected chi connectivity index (χ3v) is 7.79. The summed E-state index contributed by atoms with van der Waals surface area (Å²) < 4.78 is 5.73. The summed E-state index contributed by atoms with van der Waals surface area (Å²) in [5.74, 6) is -0.295. The fourth-order valence-electron chi connectivity index (χ4n) is 6.37. The third-order valence-electron chi connectivity index (χ3n) is 7.79. The van der Waals surface area contributed by atoms with Gasteiger partial charge in [0.05, 0.1) is 12.3 Å². The average molecular weight is 377 g/mol. The van der Waals surface area contributed by atoms with Crippen LogP contribution in [0.1, 0.15) is 83.5 Å². The molecule has 0 N–H and O–H groups in total. The van der Waals surface area contributed by atoms with Crippen molar-refractivity contribution in [3.63, 3.8) is 0 Å². The lowest BCUT2D eigenvalue weighted by atomic mass is 9.78. The van der Waals surface area contributed by atoms with Crippen molar-refractivity contribution in [2.75, 3.05) is 26.7 Å². The zero-order chi connectivity index (χ0) is 18.9. The molecule has 4 aliphatic rings. The van der Waals surface area contributed by atoms with Gasteiger partial charge >= 0.3 is 5.97 Å². The first-order chi connectivity index (χ1) is 13.0. The Hall–Kier alpha value is -1.10. The van der Waals surface area contributed by atoms with Crippen molar-refractivity contribution < 1.29 is 14.3 Å². The molecule has 152 valence electrons. The molecule has 1 unspecified atom stereocenters. The molecule has 0 radical (unpaired) electrons. The minimum Gasteiger partial charge on any atom is -0.458 e. The van der Waals surface area contributed by atoms with Gasteiger partial charge in [-0.3, -0.25) is 14.5 Å². The van der Waals surface area contributed by atoms with Gasteiger partial charge in [-0.25, -0.2) is 0 Å². The summed E-state index contributed by atoms with van der Waals surface area (Å²) in [4.78, 5) is 30.1. The molecule has 2 heterocycles. The predicted molar refractivity (Wildman–Crippen MR) is 104 cm³/mol. The van der Waals surface area contributed by atoms with E-state index >= 15 is 0 Å². The van der Waals surface area contributed by atoms with E-state index in [4.69, 9.17) is 4.74 Å². The van der Waals surface area contributed by atoms with Crippen molar-refractivity contribution >= 4 is 11.9 Å². The number of amides is 1. The maximum atomic E-state index is 13.4. The number of nitrogens with zero attached hydrogens (tertiary/aromatic N) is 2. The van der Waals surface area contributed by atoms with Gasteiger partial charge in [-0.1, -0.05) is 25.7 Å². The molecular formula is C22H36N2O3. The molecule has 2 aliphatic carbocycles. The second kappa shape index (κ2) is 7.73. The number of carbonyl (C=O) groups excluding carboxylic acids is 2. The van der Waals surface area contributed by atoms with Crippen LogP contribution >= 0.6 is 0 Å². The van der Waals surface area contributed by atoms with E-state index in [-0.39, 0.29) is 29.8 Å². The highest BCUT2D eigenvalue weighted by atomic mass is 16.6. The van der Waals surface area contributed by atoms with Crippen molar-refractivity contribution in [2.24, 2.45) is 5.92 Å². The highest BCUT2D eigenvalue weighted by molar-refractivity contribution is 5.88. The average Bonchev–Trinajstić information content (AvgIpc) is 3.29. The molecule has 0 aromatic rings. The first-order valence-corrected chi connectivity index (χ1v) is 11.3. The summed E-state index contributed by atoms with van der Waals surface area (Å²) >= 11 is 0. The molecular weight excluding hydrogens is 340 g/mol. The third kappa shape index (κ3) is 3.64. The lowest BCUT2D eigenvalue weighted by molar-refractivity contribution is -0.152. The summed E-state index contributed by atoms with van der Waals surface area (Å²) in [6, 6.07) is 0. The van der Waals surface area contributed by atoms with Crippen LogP contribution in [0.3, 0.4) is 0 Å². The highest BCUT2D eigenvalue weighted by Gasteiger charge is 2.55. The summed E-state index contributed by atoms with van der Waals surface area (Å²) in [7, 11) is 1.97. The molecule has 0 aromatic heterocycles. The fraction of sp³-hybridized carbons (Fsp3) is 0.909. The number of hydrogen-bond donors (Lipinski definition) is 0. The van der Waals surface area contributed by atoms with Gasteiger partial charge in [-0.2, -0.15) is 0 Å². The number of rotatable bonds is 4. The topological polar surface area (TPSA) is 49.9 Å². The second-order valence-corrected chi connectivity index (χ2v) is 9.53. The van der Waals surface area contributed by atoms with Crippen LogP contribution in [0, 0.1) is 5.92 Å². The molecule has 5 nitrogen and oxygen atoms in total. The zero-order valence-electron chi connectivity index (χ0n) is 17.0. The van der Waals surface area contributed by atoms with Gasteiger partial charge in [-0.15, -0.1) is 0 Å². The predicted octanol–water partition coefficient (Wildman–Crippen LogP) is 3.51. The van der Waals surface area contributed by atoms with Crippen LogP contribution in [0.4, 0.5) is 0 Å². The molecule has 0 aromatic carbocycles. The van der Waals surface area contributed by atoms with E-state index in [2.05, 4.69) is 4.90 Å². The van der Waals surface area contributed by atoms with E-state index < -0.39 is 5.60 Å². The Morgan fingerprint density at radius 2 is 1.59 bits per heavy atom. The molecule has 0 bridgehead atoms. The molecule has 4 rings (SSSR count). The highest BCUT2D eigenvalue weighted by Crippen LogP contribution is 2.46. The van der Waals surface area contributed by atoms with E-state index in [0.717, 1.165) is 32.2 Å². The van der Waals surface area contributed by atoms with Gasteiger partial charge in [0.1, 0.15) is 5.60 Å². The number of hydrogen-bond acceptors (Lipinski definition) is 4. The SMILES string of the molecule is CN(CC1(N2CCCCC2)CCCCC1)C(=O)C1CC(=O)OC12CCCC2. The van der Waals surface area contributed by atoms with E-state index in [1.165, 1.54) is 64.5 Å². The van der Waals surface area contributed by atoms with Crippen LogP contribution in [-0.2, 0) is 14.3 Å². The minimum absolute atomic E-state index is 0.143. The van der Waals surface area contributed by atoms with Crippen molar-refractivity contribution in [2.45, 2.75) is 94.6 Å². The van der Waals surface area contributed by atoms with Crippen molar-refractivity contribution in [3.05, 3.63) is 0 Å². The molecule has 4 fully saturated rings. The Bertz CT molecular complexity index is 558. The number of likely N-dealkylation sites (N-methyl/N-ethyl adjacent to an activating group) is 1. The lowest BCUT2D eigenvalue weighted by Crippen LogP contribution is -2.59. The van der Waals surface area contributed by atoms with Gasteiger partial charge < -0.3 is 9.64 Å². The zero-order valence-corrected chi connectivity index (χ0v) is 17.0. The van der Waals surface area contributed by atoms with Gasteiger partial charge in [0.2, 0.25) is 5.91 Å². The number of likely N-dealkylation sites (tertiary alicyclic amines) is 1. The Morgan fingerprint density at radius 1 is 1.00 bits per heavy atom. The standard InChI is InChI=1S/C22H36N2O3/c1-23(20(26)18-16-19(25)27-22(18)12-6-7-13-22)17-21(10-4-2-5-11-21)24-14-8-3-9-15-24/h18H,2-17H2,1H3. The van der Waals surface area contributed by atoms with Crippen molar-refractivity contribution in [1.82, 2.24) is 9.80 Å². The van der Waals surface area contributed by atoms with Gasteiger partial charge in [0, 0.05) is 19.1 Å². The molecule has 5 heteroatoms. The maximum Gasteiger partial charge on any atom is 0.307 e. The largest absolute Gasteiger partial charge is 0.458 e. The van der Waals surface area contributed by atoms with Crippen LogP contribution in [-0.4, -0.2) is 59.5 Å². The molecule has 27 heavy (non-hydrogen) atoms. The molecule has 2 saturated heterocycles. The smallest absolute Gasteiger partial charge is 0.307 e. The quantitative estimate of drug-likeness (QED) is 0.705. The van der Waals surface area contributed by atoms with Crippen LogP contribution in [0.15, 0.2) is 0 Å². The molecule has 1 atom stereocenters. The molecule has 2 saturated carbocycles. The van der Waals surface area contributed by atoms with Crippen molar-refractivity contribution in [1.29, 1.82) is 0 Å². The first-order valence-electron chi connectivity index (χ1n) is 11.3. The first kappa shape index (κ1) is 19.2. The van der Waals surface area contributed by atoms with E-state index in [1.807, 2.05) is 11.9 Å². The number of piperidine rings is 1. The van der Waals surface area contributed by atoms with Gasteiger partial charge in [0.15, 0.2) is 0 Å². The fourth-order valence-corrected chi connectivity index (χ4v) is 6.37. The summed E-state index contributed by atoms with van der Waals surface area (Å²) in [6.45, 7) is 3.17. The summed E-state index contributed by atoms with van der Waals surface area (Å²) in [5.41, 5.74) is -0.345. The van der Waals surface area contributed by atoms with Crippen LogP contribution in [0.5, 0.6) is 0 Å². The van der Waals surface area contributed by atoms with E-state index in [0.29, 0.717) is 0 Å². The normalized spacial score (nSPS) is 30.4. The Morgan fingerprint density at radius 3 is 2.26 bits per heavy atom. The number of esters is 1. The lowest BCUT2D eigenvalue weighted by Gasteiger charge is -2.50. The van der Waals surface area contributed by atoms with Crippen LogP contribution in [0.2, 0.25) is 0 Å². The van der Waals surface area contributed by atoms with Gasteiger partial charge in [0.25, 0.3) is 0 Å². The Labute approximate surface area is 163 Å². The van der Waals surface area contributed by atoms with Gasteiger partial charge in [-0.05, 0) is 64.5 Å². The number of ether oxygens (including phenoxy) is 1. The molecule has 1 spiro atoms. The van der Waals surface area contributed by atoms with E-state index in [9.17, 15) is 9.59 Å². The Kier molecular flexibility index (Phi) is 5.50. The van der Waals surface area contributed by atoms with E-state index in [1.54, 1.807) is 0 Å². The molecule has 1 amide bonds. The van der Waals surface area contributed by atoms with Crippen molar-refractivity contribution in [3.8, 4) is 0 Å². The molecule has 2 aliphatic heterocycles. The van der Waals surface area contributed by atoms with Crippen LogP contribution < -0.4 is 0 Å². The monoisotopic (exact) mass is 376 g/mol. The number of carbonyl (C=O) groups is 2. The minimum atomic E-state index is -0.493. The van der Waals surface area contributed by atoms with Crippen LogP contribution in [0.25, 0.3) is 0 Å². The Balaban J connectivity index is 1.49. The second-order valence-electron chi connectivity index (χ2n) is 9.53. The summed E-state index contributed by atoms with van der Waals surface area (Å²) in [6.07, 6.45) is 14.3.